The fourth-order valence-corrected chi connectivity index (χ4v) is 3.27. The molecule has 0 atom stereocenters. The number of ether oxygens (including phenoxy) is 2. The van der Waals surface area contributed by atoms with Crippen LogP contribution in [0, 0.1) is 11.2 Å². The SMILES string of the molecule is COc1cccc(/C=C2\SC(=N)NC2=O)c1OCc1c(F)cccc1Cl. The third kappa shape index (κ3) is 3.84. The van der Waals surface area contributed by atoms with Crippen molar-refractivity contribution in [3.8, 4) is 11.5 Å². The molecule has 134 valence electrons. The van der Waals surface area contributed by atoms with E-state index >= 15 is 0 Å². The first-order valence-electron chi connectivity index (χ1n) is 7.51. The summed E-state index contributed by atoms with van der Waals surface area (Å²) in [5.41, 5.74) is 0.803. The van der Waals surface area contributed by atoms with Crippen LogP contribution in [0.2, 0.25) is 5.02 Å². The highest BCUT2D eigenvalue weighted by molar-refractivity contribution is 8.18. The zero-order chi connectivity index (χ0) is 18.7. The highest BCUT2D eigenvalue weighted by Crippen LogP contribution is 2.36. The van der Waals surface area contributed by atoms with Crippen LogP contribution in [0.4, 0.5) is 4.39 Å². The molecule has 26 heavy (non-hydrogen) atoms. The van der Waals surface area contributed by atoms with E-state index in [-0.39, 0.29) is 28.3 Å². The molecule has 0 bridgehead atoms. The fourth-order valence-electron chi connectivity index (χ4n) is 2.36. The van der Waals surface area contributed by atoms with Crippen LogP contribution in [0.5, 0.6) is 11.5 Å². The van der Waals surface area contributed by atoms with E-state index in [0.29, 0.717) is 22.0 Å². The van der Waals surface area contributed by atoms with Crippen LogP contribution in [0.15, 0.2) is 41.3 Å². The van der Waals surface area contributed by atoms with Gasteiger partial charge < -0.3 is 14.8 Å². The lowest BCUT2D eigenvalue weighted by Crippen LogP contribution is -2.18. The van der Waals surface area contributed by atoms with Crippen molar-refractivity contribution < 1.29 is 18.7 Å². The molecule has 1 aliphatic rings. The van der Waals surface area contributed by atoms with E-state index in [9.17, 15) is 9.18 Å². The van der Waals surface area contributed by atoms with E-state index in [1.54, 1.807) is 30.3 Å². The molecule has 8 heteroatoms. The lowest BCUT2D eigenvalue weighted by atomic mass is 10.1. The van der Waals surface area contributed by atoms with Gasteiger partial charge in [-0.15, -0.1) is 0 Å². The van der Waals surface area contributed by atoms with Crippen LogP contribution < -0.4 is 14.8 Å². The van der Waals surface area contributed by atoms with Crippen LogP contribution >= 0.6 is 23.4 Å². The molecule has 5 nitrogen and oxygen atoms in total. The standard InChI is InChI=1S/C18H14ClFN2O3S/c1-24-14-7-2-4-10(8-15-17(23)22-18(21)26-15)16(14)25-9-11-12(19)5-3-6-13(11)20/h2-8H,9H2,1H3,(H2,21,22,23)/b15-8-. The minimum Gasteiger partial charge on any atom is -0.493 e. The van der Waals surface area contributed by atoms with Gasteiger partial charge in [-0.1, -0.05) is 29.8 Å². The Morgan fingerprint density at radius 3 is 2.73 bits per heavy atom. The molecule has 0 aliphatic carbocycles. The Morgan fingerprint density at radius 1 is 1.31 bits per heavy atom. The highest BCUT2D eigenvalue weighted by Gasteiger charge is 2.23. The average molecular weight is 393 g/mol. The molecule has 1 amide bonds. The maximum atomic E-state index is 14.0. The van der Waals surface area contributed by atoms with Crippen molar-refractivity contribution in [2.75, 3.05) is 7.11 Å². The van der Waals surface area contributed by atoms with E-state index in [1.165, 1.54) is 19.2 Å². The Kier molecular flexibility index (Phi) is 5.49. The van der Waals surface area contributed by atoms with Crippen molar-refractivity contribution >= 4 is 40.5 Å². The number of amidine groups is 1. The van der Waals surface area contributed by atoms with Gasteiger partial charge in [0.2, 0.25) is 0 Å². The highest BCUT2D eigenvalue weighted by atomic mass is 35.5. The molecule has 3 rings (SSSR count). The first kappa shape index (κ1) is 18.3. The molecule has 2 aromatic rings. The molecule has 1 fully saturated rings. The summed E-state index contributed by atoms with van der Waals surface area (Å²) in [5.74, 6) is -0.0312. The quantitative estimate of drug-likeness (QED) is 0.748. The molecule has 0 aromatic heterocycles. The second-order valence-corrected chi connectivity index (χ2v) is 6.72. The summed E-state index contributed by atoms with van der Waals surface area (Å²) in [4.78, 5) is 12.2. The smallest absolute Gasteiger partial charge is 0.264 e. The van der Waals surface area contributed by atoms with E-state index in [1.807, 2.05) is 0 Å². The average Bonchev–Trinajstić information content (AvgIpc) is 2.92. The molecule has 0 spiro atoms. The van der Waals surface area contributed by atoms with Gasteiger partial charge in [0.15, 0.2) is 16.7 Å². The normalized spacial score (nSPS) is 15.3. The van der Waals surface area contributed by atoms with Crippen molar-refractivity contribution in [3.05, 3.63) is 63.3 Å². The fraction of sp³-hybridized carbons (Fsp3) is 0.111. The maximum Gasteiger partial charge on any atom is 0.264 e. The molecular weight excluding hydrogens is 379 g/mol. The zero-order valence-electron chi connectivity index (χ0n) is 13.6. The predicted molar refractivity (Wildman–Crippen MR) is 100 cm³/mol. The number of methoxy groups -OCH3 is 1. The lowest BCUT2D eigenvalue weighted by Gasteiger charge is -2.14. The monoisotopic (exact) mass is 392 g/mol. The third-order valence-corrected chi connectivity index (χ3v) is 4.78. The molecular formula is C18H14ClFN2O3S. The topological polar surface area (TPSA) is 71.4 Å². The van der Waals surface area contributed by atoms with Crippen LogP contribution in [-0.4, -0.2) is 18.2 Å². The molecule has 1 saturated heterocycles. The largest absolute Gasteiger partial charge is 0.493 e. The lowest BCUT2D eigenvalue weighted by molar-refractivity contribution is -0.115. The van der Waals surface area contributed by atoms with Gasteiger partial charge in [0.1, 0.15) is 12.4 Å². The molecule has 1 aliphatic heterocycles. The summed E-state index contributed by atoms with van der Waals surface area (Å²) in [6.45, 7) is -0.1000. The van der Waals surface area contributed by atoms with E-state index in [2.05, 4.69) is 5.32 Å². The number of carbonyl (C=O) groups is 1. The van der Waals surface area contributed by atoms with Crippen LogP contribution in [0.1, 0.15) is 11.1 Å². The number of nitrogens with one attached hydrogen (secondary N) is 2. The minimum absolute atomic E-state index is 0.0600. The van der Waals surface area contributed by atoms with Gasteiger partial charge in [0.05, 0.1) is 17.0 Å². The number of carbonyl (C=O) groups excluding carboxylic acids is 1. The molecule has 2 N–H and O–H groups in total. The van der Waals surface area contributed by atoms with Crippen LogP contribution in [0.3, 0.4) is 0 Å². The Hall–Kier alpha value is -2.51. The summed E-state index contributed by atoms with van der Waals surface area (Å²) >= 11 is 7.06. The molecule has 0 unspecified atom stereocenters. The number of rotatable bonds is 5. The summed E-state index contributed by atoms with van der Waals surface area (Å²) < 4.78 is 25.1. The number of hydrogen-bond donors (Lipinski definition) is 2. The minimum atomic E-state index is -0.466. The van der Waals surface area contributed by atoms with E-state index < -0.39 is 5.82 Å². The van der Waals surface area contributed by atoms with E-state index in [0.717, 1.165) is 11.8 Å². The predicted octanol–water partition coefficient (Wildman–Crippen LogP) is 4.21. The molecule has 0 saturated carbocycles. The van der Waals surface area contributed by atoms with Crippen molar-refractivity contribution in [1.82, 2.24) is 5.32 Å². The number of amides is 1. The van der Waals surface area contributed by atoms with Gasteiger partial charge in [0.25, 0.3) is 5.91 Å². The van der Waals surface area contributed by atoms with Crippen molar-refractivity contribution in [2.45, 2.75) is 6.61 Å². The first-order valence-corrected chi connectivity index (χ1v) is 8.71. The summed E-state index contributed by atoms with van der Waals surface area (Å²) in [6, 6.07) is 9.59. The molecule has 0 radical (unpaired) electrons. The summed E-state index contributed by atoms with van der Waals surface area (Å²) in [6.07, 6.45) is 1.60. The van der Waals surface area contributed by atoms with Crippen molar-refractivity contribution in [2.24, 2.45) is 0 Å². The second kappa shape index (κ2) is 7.80. The number of benzene rings is 2. The van der Waals surface area contributed by atoms with Crippen LogP contribution in [-0.2, 0) is 11.4 Å². The Morgan fingerprint density at radius 2 is 2.08 bits per heavy atom. The Labute approximate surface area is 158 Å². The van der Waals surface area contributed by atoms with E-state index in [4.69, 9.17) is 26.5 Å². The van der Waals surface area contributed by atoms with Crippen molar-refractivity contribution in [1.29, 1.82) is 5.41 Å². The molecule has 2 aromatic carbocycles. The number of thioether (sulfide) groups is 1. The van der Waals surface area contributed by atoms with Gasteiger partial charge in [-0.2, -0.15) is 0 Å². The van der Waals surface area contributed by atoms with Crippen molar-refractivity contribution in [3.63, 3.8) is 0 Å². The van der Waals surface area contributed by atoms with Gasteiger partial charge in [-0.25, -0.2) is 4.39 Å². The molecule has 1 heterocycles. The first-order chi connectivity index (χ1) is 12.5. The summed E-state index contributed by atoms with van der Waals surface area (Å²) in [5, 5.41) is 10.3. The Balaban J connectivity index is 1.94. The zero-order valence-corrected chi connectivity index (χ0v) is 15.2. The summed E-state index contributed by atoms with van der Waals surface area (Å²) in [7, 11) is 1.49. The van der Waals surface area contributed by atoms with Gasteiger partial charge in [-0.05, 0) is 36.0 Å². The third-order valence-electron chi connectivity index (χ3n) is 3.60. The number of hydrogen-bond acceptors (Lipinski definition) is 5. The van der Waals surface area contributed by atoms with Gasteiger partial charge >= 0.3 is 0 Å². The van der Waals surface area contributed by atoms with Crippen LogP contribution in [0.25, 0.3) is 6.08 Å². The van der Waals surface area contributed by atoms with Gasteiger partial charge in [-0.3, -0.25) is 10.2 Å². The number of halogens is 2. The second-order valence-electron chi connectivity index (χ2n) is 5.26. The number of para-hydroxylation sites is 1. The Bertz CT molecular complexity index is 897. The maximum absolute atomic E-state index is 14.0. The van der Waals surface area contributed by atoms with Gasteiger partial charge in [0, 0.05) is 11.1 Å².